The van der Waals surface area contributed by atoms with E-state index < -0.39 is 0 Å². The molecule has 1 aromatic carbocycles. The molecule has 0 amide bonds. The Morgan fingerprint density at radius 3 is 2.70 bits per heavy atom. The summed E-state index contributed by atoms with van der Waals surface area (Å²) in [6.45, 7) is 0. The van der Waals surface area contributed by atoms with Crippen LogP contribution in [0.3, 0.4) is 0 Å². The summed E-state index contributed by atoms with van der Waals surface area (Å²) in [4.78, 5) is 0. The van der Waals surface area contributed by atoms with Gasteiger partial charge in [0.05, 0.1) is 0 Å². The SMILES string of the molecule is Fc1ccc(Cl)c(CI)c1. The zero-order chi connectivity index (χ0) is 7.56. The summed E-state index contributed by atoms with van der Waals surface area (Å²) < 4.78 is 13.2. The molecule has 1 rings (SSSR count). The molecule has 0 atom stereocenters. The van der Waals surface area contributed by atoms with Gasteiger partial charge in [0.2, 0.25) is 0 Å². The fourth-order valence-corrected chi connectivity index (χ4v) is 1.69. The Bertz CT molecular complexity index is 237. The van der Waals surface area contributed by atoms with Crippen molar-refractivity contribution >= 4 is 34.2 Å². The molecule has 0 saturated carbocycles. The molecule has 0 aliphatic carbocycles. The molecule has 10 heavy (non-hydrogen) atoms. The van der Waals surface area contributed by atoms with Gasteiger partial charge in [-0.25, -0.2) is 4.39 Å². The van der Waals surface area contributed by atoms with Gasteiger partial charge in [-0.15, -0.1) is 0 Å². The fourth-order valence-electron chi connectivity index (χ4n) is 0.646. The van der Waals surface area contributed by atoms with Crippen LogP contribution in [0.15, 0.2) is 18.2 Å². The molecule has 0 aliphatic heterocycles. The quantitative estimate of drug-likeness (QED) is 0.542. The van der Waals surface area contributed by atoms with Crippen molar-refractivity contribution in [2.75, 3.05) is 0 Å². The summed E-state index contributed by atoms with van der Waals surface area (Å²) in [5.41, 5.74) is 0.849. The van der Waals surface area contributed by atoms with E-state index in [4.69, 9.17) is 11.6 Å². The first-order chi connectivity index (χ1) is 4.74. The highest BCUT2D eigenvalue weighted by atomic mass is 127. The average molecular weight is 270 g/mol. The van der Waals surface area contributed by atoms with Crippen LogP contribution in [-0.2, 0) is 4.43 Å². The van der Waals surface area contributed by atoms with Crippen LogP contribution in [0.25, 0.3) is 0 Å². The number of hydrogen-bond donors (Lipinski definition) is 0. The molecule has 0 fully saturated rings. The summed E-state index contributed by atoms with van der Waals surface area (Å²) in [5.74, 6) is -0.226. The Morgan fingerprint density at radius 2 is 2.20 bits per heavy atom. The molecule has 0 saturated heterocycles. The Kier molecular flexibility index (Phi) is 2.92. The van der Waals surface area contributed by atoms with Crippen LogP contribution < -0.4 is 0 Å². The van der Waals surface area contributed by atoms with Gasteiger partial charge in [-0.05, 0) is 23.8 Å². The van der Waals surface area contributed by atoms with Gasteiger partial charge in [0.1, 0.15) is 5.82 Å². The Balaban J connectivity index is 3.09. The van der Waals surface area contributed by atoms with Crippen molar-refractivity contribution < 1.29 is 4.39 Å². The zero-order valence-electron chi connectivity index (χ0n) is 5.07. The van der Waals surface area contributed by atoms with Crippen molar-refractivity contribution in [1.29, 1.82) is 0 Å². The molecule has 0 nitrogen and oxygen atoms in total. The molecular weight excluding hydrogens is 265 g/mol. The lowest BCUT2D eigenvalue weighted by molar-refractivity contribution is 0.626. The van der Waals surface area contributed by atoms with Gasteiger partial charge < -0.3 is 0 Å². The predicted octanol–water partition coefficient (Wildman–Crippen LogP) is 3.41. The molecule has 0 N–H and O–H groups in total. The highest BCUT2D eigenvalue weighted by Gasteiger charge is 1.98. The summed E-state index contributed by atoms with van der Waals surface area (Å²) in [6.07, 6.45) is 0. The van der Waals surface area contributed by atoms with E-state index in [0.717, 1.165) is 9.99 Å². The molecule has 0 unspecified atom stereocenters. The van der Waals surface area contributed by atoms with Crippen molar-refractivity contribution in [2.24, 2.45) is 0 Å². The zero-order valence-corrected chi connectivity index (χ0v) is 7.99. The molecule has 0 bridgehead atoms. The monoisotopic (exact) mass is 270 g/mol. The third kappa shape index (κ3) is 1.83. The molecule has 0 heterocycles. The Labute approximate surface area is 77.5 Å². The number of hydrogen-bond acceptors (Lipinski definition) is 0. The van der Waals surface area contributed by atoms with E-state index in [0.29, 0.717) is 5.02 Å². The van der Waals surface area contributed by atoms with Crippen molar-refractivity contribution in [3.05, 3.63) is 34.6 Å². The minimum absolute atomic E-state index is 0.226. The maximum absolute atomic E-state index is 12.5. The van der Waals surface area contributed by atoms with Gasteiger partial charge in [0.25, 0.3) is 0 Å². The van der Waals surface area contributed by atoms with Crippen LogP contribution in [-0.4, -0.2) is 0 Å². The van der Waals surface area contributed by atoms with Crippen LogP contribution in [0.4, 0.5) is 4.39 Å². The second kappa shape index (κ2) is 3.53. The van der Waals surface area contributed by atoms with Gasteiger partial charge in [0, 0.05) is 9.45 Å². The van der Waals surface area contributed by atoms with E-state index in [1.165, 1.54) is 12.1 Å². The van der Waals surface area contributed by atoms with Crippen LogP contribution in [0.1, 0.15) is 5.56 Å². The third-order valence-corrected chi connectivity index (χ3v) is 2.34. The molecule has 0 radical (unpaired) electrons. The highest BCUT2D eigenvalue weighted by Crippen LogP contribution is 2.19. The van der Waals surface area contributed by atoms with Crippen LogP contribution in [0.5, 0.6) is 0 Å². The van der Waals surface area contributed by atoms with Crippen LogP contribution in [0.2, 0.25) is 5.02 Å². The van der Waals surface area contributed by atoms with E-state index in [-0.39, 0.29) is 5.82 Å². The first-order valence-corrected chi connectivity index (χ1v) is 4.64. The Morgan fingerprint density at radius 1 is 1.50 bits per heavy atom. The molecule has 0 aliphatic rings. The van der Waals surface area contributed by atoms with Crippen molar-refractivity contribution in [2.45, 2.75) is 4.43 Å². The molecule has 54 valence electrons. The summed E-state index contributed by atoms with van der Waals surface area (Å²) in [7, 11) is 0. The lowest BCUT2D eigenvalue weighted by Crippen LogP contribution is -1.81. The van der Waals surface area contributed by atoms with Gasteiger partial charge in [-0.3, -0.25) is 0 Å². The van der Waals surface area contributed by atoms with Gasteiger partial charge in [-0.1, -0.05) is 34.2 Å². The van der Waals surface area contributed by atoms with E-state index in [1.54, 1.807) is 6.07 Å². The topological polar surface area (TPSA) is 0 Å². The van der Waals surface area contributed by atoms with Crippen molar-refractivity contribution in [1.82, 2.24) is 0 Å². The van der Waals surface area contributed by atoms with Crippen LogP contribution >= 0.6 is 34.2 Å². The largest absolute Gasteiger partial charge is 0.207 e. The molecule has 1 aromatic rings. The summed E-state index contributed by atoms with van der Waals surface area (Å²) in [5, 5.41) is 0.635. The first-order valence-electron chi connectivity index (χ1n) is 2.74. The molecule has 3 heteroatoms. The standard InChI is InChI=1S/C7H5ClFI/c8-7-2-1-6(9)3-5(7)4-10/h1-3H,4H2. The van der Waals surface area contributed by atoms with Gasteiger partial charge in [0.15, 0.2) is 0 Å². The van der Waals surface area contributed by atoms with Gasteiger partial charge >= 0.3 is 0 Å². The lowest BCUT2D eigenvalue weighted by atomic mass is 10.2. The van der Waals surface area contributed by atoms with Crippen molar-refractivity contribution in [3.8, 4) is 0 Å². The second-order valence-electron chi connectivity index (χ2n) is 1.87. The average Bonchev–Trinajstić information content (AvgIpc) is 1.94. The van der Waals surface area contributed by atoms with E-state index in [2.05, 4.69) is 22.6 Å². The number of halogens is 3. The molecule has 0 spiro atoms. The maximum Gasteiger partial charge on any atom is 0.123 e. The van der Waals surface area contributed by atoms with Gasteiger partial charge in [-0.2, -0.15) is 0 Å². The number of rotatable bonds is 1. The summed E-state index contributed by atoms with van der Waals surface area (Å²) >= 11 is 7.87. The highest BCUT2D eigenvalue weighted by molar-refractivity contribution is 14.1. The normalized spacial score (nSPS) is 9.90. The maximum atomic E-state index is 12.5. The smallest absolute Gasteiger partial charge is 0.123 e. The lowest BCUT2D eigenvalue weighted by Gasteiger charge is -1.97. The number of alkyl halides is 1. The predicted molar refractivity (Wildman–Crippen MR) is 49.1 cm³/mol. The van der Waals surface area contributed by atoms with Crippen LogP contribution in [0, 0.1) is 5.82 Å². The van der Waals surface area contributed by atoms with E-state index in [1.807, 2.05) is 0 Å². The number of benzene rings is 1. The third-order valence-electron chi connectivity index (χ3n) is 1.15. The second-order valence-corrected chi connectivity index (χ2v) is 3.04. The molecule has 0 aromatic heterocycles. The first kappa shape index (κ1) is 8.27. The fraction of sp³-hybridized carbons (Fsp3) is 0.143. The minimum Gasteiger partial charge on any atom is -0.207 e. The van der Waals surface area contributed by atoms with E-state index in [9.17, 15) is 4.39 Å². The van der Waals surface area contributed by atoms with Crippen molar-refractivity contribution in [3.63, 3.8) is 0 Å². The van der Waals surface area contributed by atoms with E-state index >= 15 is 0 Å². The minimum atomic E-state index is -0.226. The summed E-state index contributed by atoms with van der Waals surface area (Å²) in [6, 6.07) is 4.39. The Hall–Kier alpha value is 0.170. The molecular formula is C7H5ClFI.